The van der Waals surface area contributed by atoms with Crippen LogP contribution in [0.5, 0.6) is 0 Å². The summed E-state index contributed by atoms with van der Waals surface area (Å²) in [6.45, 7) is 10.6. The molecule has 16 heavy (non-hydrogen) atoms. The van der Waals surface area contributed by atoms with Crippen molar-refractivity contribution in [3.05, 3.63) is 0 Å². The predicted octanol–water partition coefficient (Wildman–Crippen LogP) is 1.26. The fraction of sp³-hybridized carbons (Fsp3) is 1.00. The highest BCUT2D eigenvalue weighted by molar-refractivity contribution is 4.80. The van der Waals surface area contributed by atoms with Crippen LogP contribution in [0.1, 0.15) is 26.7 Å². The zero-order valence-electron chi connectivity index (χ0n) is 11.5. The molecule has 3 heteroatoms. The molecule has 0 aromatic rings. The first kappa shape index (κ1) is 13.9. The van der Waals surface area contributed by atoms with Crippen LogP contribution in [-0.4, -0.2) is 62.7 Å². The summed E-state index contributed by atoms with van der Waals surface area (Å²) in [6.07, 6.45) is 2.62. The van der Waals surface area contributed by atoms with Gasteiger partial charge in [0.25, 0.3) is 0 Å². The number of likely N-dealkylation sites (N-methyl/N-ethyl adjacent to an activating group) is 1. The van der Waals surface area contributed by atoms with Gasteiger partial charge in [0.15, 0.2) is 0 Å². The van der Waals surface area contributed by atoms with Crippen molar-refractivity contribution in [3.8, 4) is 0 Å². The molecule has 0 radical (unpaired) electrons. The molecule has 0 spiro atoms. The van der Waals surface area contributed by atoms with E-state index >= 15 is 0 Å². The lowest BCUT2D eigenvalue weighted by atomic mass is 10.1. The second kappa shape index (κ2) is 7.25. The summed E-state index contributed by atoms with van der Waals surface area (Å²) in [5.74, 6) is 0.817. The summed E-state index contributed by atoms with van der Waals surface area (Å²) in [5.41, 5.74) is 0. The van der Waals surface area contributed by atoms with Gasteiger partial charge < -0.3 is 15.1 Å². The van der Waals surface area contributed by atoms with E-state index in [0.29, 0.717) is 0 Å². The second-order valence-electron chi connectivity index (χ2n) is 5.64. The fourth-order valence-electron chi connectivity index (χ4n) is 2.19. The lowest BCUT2D eigenvalue weighted by Crippen LogP contribution is -2.35. The van der Waals surface area contributed by atoms with Crippen molar-refractivity contribution in [2.24, 2.45) is 5.92 Å². The zero-order chi connectivity index (χ0) is 12.0. The minimum atomic E-state index is 0.774. The van der Waals surface area contributed by atoms with E-state index in [1.807, 2.05) is 0 Å². The Morgan fingerprint density at radius 1 is 1.31 bits per heavy atom. The van der Waals surface area contributed by atoms with Crippen LogP contribution in [0.4, 0.5) is 0 Å². The van der Waals surface area contributed by atoms with Gasteiger partial charge in [-0.2, -0.15) is 0 Å². The number of nitrogens with one attached hydrogen (secondary N) is 1. The van der Waals surface area contributed by atoms with Gasteiger partial charge in [0, 0.05) is 25.7 Å². The highest BCUT2D eigenvalue weighted by Crippen LogP contribution is 2.11. The highest BCUT2D eigenvalue weighted by atomic mass is 15.2. The molecule has 1 aliphatic heterocycles. The van der Waals surface area contributed by atoms with Gasteiger partial charge in [0.2, 0.25) is 0 Å². The average Bonchev–Trinajstić information content (AvgIpc) is 2.65. The lowest BCUT2D eigenvalue weighted by molar-refractivity contribution is 0.268. The maximum absolute atomic E-state index is 3.53. The first-order valence-corrected chi connectivity index (χ1v) is 6.69. The van der Waals surface area contributed by atoms with E-state index in [4.69, 9.17) is 0 Å². The van der Waals surface area contributed by atoms with Crippen molar-refractivity contribution in [3.63, 3.8) is 0 Å². The third-order valence-electron chi connectivity index (χ3n) is 3.48. The fourth-order valence-corrected chi connectivity index (χ4v) is 2.19. The quantitative estimate of drug-likeness (QED) is 0.661. The van der Waals surface area contributed by atoms with E-state index in [9.17, 15) is 0 Å². The van der Waals surface area contributed by atoms with Crippen LogP contribution < -0.4 is 5.32 Å². The third kappa shape index (κ3) is 5.28. The number of hydrogen-bond donors (Lipinski definition) is 1. The summed E-state index contributed by atoms with van der Waals surface area (Å²) in [5, 5.41) is 3.53. The molecule has 1 unspecified atom stereocenters. The van der Waals surface area contributed by atoms with Crippen LogP contribution in [0, 0.1) is 5.92 Å². The summed E-state index contributed by atoms with van der Waals surface area (Å²) < 4.78 is 0. The van der Waals surface area contributed by atoms with Crippen LogP contribution in [-0.2, 0) is 0 Å². The molecule has 0 bridgehead atoms. The Morgan fingerprint density at radius 2 is 2.06 bits per heavy atom. The average molecular weight is 227 g/mol. The zero-order valence-corrected chi connectivity index (χ0v) is 11.5. The monoisotopic (exact) mass is 227 g/mol. The number of nitrogens with zero attached hydrogens (tertiary/aromatic N) is 2. The largest absolute Gasteiger partial charge is 0.315 e. The smallest absolute Gasteiger partial charge is 0.0229 e. The molecule has 3 nitrogen and oxygen atoms in total. The molecule has 0 amide bonds. The van der Waals surface area contributed by atoms with E-state index in [-0.39, 0.29) is 0 Å². The molecule has 1 rings (SSSR count). The normalized spacial score (nSPS) is 22.5. The molecule has 1 fully saturated rings. The summed E-state index contributed by atoms with van der Waals surface area (Å²) >= 11 is 0. The topological polar surface area (TPSA) is 18.5 Å². The Morgan fingerprint density at radius 3 is 2.62 bits per heavy atom. The van der Waals surface area contributed by atoms with Gasteiger partial charge in [-0.25, -0.2) is 0 Å². The van der Waals surface area contributed by atoms with Gasteiger partial charge in [0.05, 0.1) is 0 Å². The van der Waals surface area contributed by atoms with Crippen LogP contribution in [0.25, 0.3) is 0 Å². The van der Waals surface area contributed by atoms with Crippen LogP contribution in [0.3, 0.4) is 0 Å². The Balaban J connectivity index is 1.98. The number of likely N-dealkylation sites (tertiary alicyclic amines) is 1. The van der Waals surface area contributed by atoms with E-state index in [2.05, 4.69) is 43.1 Å². The van der Waals surface area contributed by atoms with Gasteiger partial charge in [-0.3, -0.25) is 0 Å². The first-order valence-electron chi connectivity index (χ1n) is 6.69. The van der Waals surface area contributed by atoms with E-state index in [1.54, 1.807) is 0 Å². The molecule has 1 saturated heterocycles. The third-order valence-corrected chi connectivity index (χ3v) is 3.48. The molecule has 0 aromatic heterocycles. The van der Waals surface area contributed by atoms with Crippen molar-refractivity contribution < 1.29 is 0 Å². The Kier molecular flexibility index (Phi) is 6.32. The van der Waals surface area contributed by atoms with E-state index in [1.165, 1.54) is 39.0 Å². The van der Waals surface area contributed by atoms with Crippen molar-refractivity contribution >= 4 is 0 Å². The van der Waals surface area contributed by atoms with Gasteiger partial charge in [-0.05, 0) is 45.9 Å². The van der Waals surface area contributed by atoms with Crippen LogP contribution in [0.2, 0.25) is 0 Å². The summed E-state index contributed by atoms with van der Waals surface area (Å²) in [4.78, 5) is 4.93. The first-order chi connectivity index (χ1) is 7.59. The lowest BCUT2D eigenvalue weighted by Gasteiger charge is -2.20. The molecule has 1 aliphatic rings. The maximum Gasteiger partial charge on any atom is 0.0229 e. The molecule has 0 aliphatic carbocycles. The SMILES string of the molecule is CC(C)CCNCCN1CCC(N(C)C)C1. The van der Waals surface area contributed by atoms with Crippen molar-refractivity contribution in [1.29, 1.82) is 0 Å². The Hall–Kier alpha value is -0.120. The molecule has 1 heterocycles. The summed E-state index contributed by atoms with van der Waals surface area (Å²) in [7, 11) is 4.38. The standard InChI is InChI=1S/C13H29N3/c1-12(2)5-7-14-8-10-16-9-6-13(11-16)15(3)4/h12-14H,5-11H2,1-4H3. The highest BCUT2D eigenvalue weighted by Gasteiger charge is 2.22. The molecular weight excluding hydrogens is 198 g/mol. The van der Waals surface area contributed by atoms with Crippen LogP contribution in [0.15, 0.2) is 0 Å². The minimum Gasteiger partial charge on any atom is -0.315 e. The van der Waals surface area contributed by atoms with Gasteiger partial charge >= 0.3 is 0 Å². The number of hydrogen-bond acceptors (Lipinski definition) is 3. The predicted molar refractivity (Wildman–Crippen MR) is 70.9 cm³/mol. The molecular formula is C13H29N3. The minimum absolute atomic E-state index is 0.774. The van der Waals surface area contributed by atoms with E-state index < -0.39 is 0 Å². The summed E-state index contributed by atoms with van der Waals surface area (Å²) in [6, 6.07) is 0.774. The van der Waals surface area contributed by atoms with Gasteiger partial charge in [0.1, 0.15) is 0 Å². The molecule has 96 valence electrons. The van der Waals surface area contributed by atoms with E-state index in [0.717, 1.165) is 18.5 Å². The Bertz CT molecular complexity index is 180. The molecule has 0 aromatic carbocycles. The molecule has 1 N–H and O–H groups in total. The molecule has 0 saturated carbocycles. The second-order valence-corrected chi connectivity index (χ2v) is 5.64. The Labute approximate surface area is 101 Å². The van der Waals surface area contributed by atoms with Crippen molar-refractivity contribution in [2.75, 3.05) is 46.8 Å². The molecule has 1 atom stereocenters. The van der Waals surface area contributed by atoms with Crippen molar-refractivity contribution in [2.45, 2.75) is 32.7 Å². The van der Waals surface area contributed by atoms with Gasteiger partial charge in [-0.1, -0.05) is 13.8 Å². The maximum atomic E-state index is 3.53. The van der Waals surface area contributed by atoms with Crippen molar-refractivity contribution in [1.82, 2.24) is 15.1 Å². The van der Waals surface area contributed by atoms with Crippen LogP contribution >= 0.6 is 0 Å². The van der Waals surface area contributed by atoms with Gasteiger partial charge in [-0.15, -0.1) is 0 Å². The number of rotatable bonds is 7.